The first-order valence-electron chi connectivity index (χ1n) is 11.0. The number of carbonyl (C=O) groups is 2. The van der Waals surface area contributed by atoms with Gasteiger partial charge in [0, 0.05) is 25.2 Å². The average Bonchev–Trinajstić information content (AvgIpc) is 3.11. The highest BCUT2D eigenvalue weighted by atomic mass is 35.5. The lowest BCUT2D eigenvalue weighted by atomic mass is 10.1. The van der Waals surface area contributed by atoms with Crippen molar-refractivity contribution in [2.75, 3.05) is 13.1 Å². The number of rotatable bonds is 5. The molecule has 2 amide bonds. The Bertz CT molecular complexity index is 1130. The molecule has 2 heterocycles. The van der Waals surface area contributed by atoms with Crippen LogP contribution in [0.15, 0.2) is 54.6 Å². The number of hydrogen-bond acceptors (Lipinski definition) is 4. The first-order valence-corrected chi connectivity index (χ1v) is 11.3. The number of nitrogens with one attached hydrogen (secondary N) is 1. The van der Waals surface area contributed by atoms with Crippen LogP contribution in [0.4, 0.5) is 0 Å². The second-order valence-corrected chi connectivity index (χ2v) is 8.70. The molecule has 0 saturated carbocycles. The average molecular weight is 467 g/mol. The Kier molecular flexibility index (Phi) is 6.81. The van der Waals surface area contributed by atoms with Crippen molar-refractivity contribution in [3.8, 4) is 5.69 Å². The SMILES string of the molecule is Cc1nn(-c2ccccc2)c(Cl)c1C(=O)NCc1ccc(C(=O)N2CC(C)OC(C)C2)cc1. The molecule has 2 aromatic carbocycles. The minimum Gasteiger partial charge on any atom is -0.372 e. The zero-order chi connectivity index (χ0) is 23.5. The molecule has 1 fully saturated rings. The number of ether oxygens (including phenoxy) is 1. The summed E-state index contributed by atoms with van der Waals surface area (Å²) >= 11 is 6.48. The van der Waals surface area contributed by atoms with Gasteiger partial charge >= 0.3 is 0 Å². The van der Waals surface area contributed by atoms with Gasteiger partial charge in [-0.3, -0.25) is 9.59 Å². The Balaban J connectivity index is 1.40. The van der Waals surface area contributed by atoms with Gasteiger partial charge in [0.1, 0.15) is 5.15 Å². The first-order chi connectivity index (χ1) is 15.8. The van der Waals surface area contributed by atoms with Crippen LogP contribution in [0.2, 0.25) is 5.15 Å². The molecule has 33 heavy (non-hydrogen) atoms. The summed E-state index contributed by atoms with van der Waals surface area (Å²) in [6.07, 6.45) is 0.0439. The van der Waals surface area contributed by atoms with E-state index in [1.807, 2.05) is 61.2 Å². The molecule has 0 spiro atoms. The Morgan fingerprint density at radius 3 is 2.33 bits per heavy atom. The van der Waals surface area contributed by atoms with Crippen LogP contribution in [0.25, 0.3) is 5.69 Å². The number of halogens is 1. The van der Waals surface area contributed by atoms with Gasteiger partial charge in [-0.05, 0) is 50.6 Å². The van der Waals surface area contributed by atoms with Crippen molar-refractivity contribution in [3.05, 3.63) is 82.1 Å². The number of amides is 2. The summed E-state index contributed by atoms with van der Waals surface area (Å²) in [5.74, 6) is -0.306. The molecule has 1 aliphatic heterocycles. The third-order valence-corrected chi connectivity index (χ3v) is 5.94. The molecule has 3 aromatic rings. The second kappa shape index (κ2) is 9.77. The highest BCUT2D eigenvalue weighted by Crippen LogP contribution is 2.23. The van der Waals surface area contributed by atoms with Crippen molar-refractivity contribution < 1.29 is 14.3 Å². The van der Waals surface area contributed by atoms with Gasteiger partial charge in [-0.2, -0.15) is 5.10 Å². The summed E-state index contributed by atoms with van der Waals surface area (Å²) < 4.78 is 7.26. The van der Waals surface area contributed by atoms with Crippen LogP contribution in [0.5, 0.6) is 0 Å². The van der Waals surface area contributed by atoms with Crippen molar-refractivity contribution in [2.24, 2.45) is 0 Å². The fraction of sp³-hybridized carbons (Fsp3) is 0.320. The van der Waals surface area contributed by atoms with Crippen molar-refractivity contribution in [1.29, 1.82) is 0 Å². The number of hydrogen-bond donors (Lipinski definition) is 1. The number of morpholine rings is 1. The summed E-state index contributed by atoms with van der Waals surface area (Å²) in [5.41, 5.74) is 3.19. The third-order valence-electron chi connectivity index (χ3n) is 5.59. The van der Waals surface area contributed by atoms with Crippen molar-refractivity contribution in [2.45, 2.75) is 39.5 Å². The van der Waals surface area contributed by atoms with Crippen LogP contribution in [-0.4, -0.2) is 51.8 Å². The fourth-order valence-electron chi connectivity index (χ4n) is 4.06. The van der Waals surface area contributed by atoms with Gasteiger partial charge in [0.25, 0.3) is 11.8 Å². The Morgan fingerprint density at radius 1 is 1.06 bits per heavy atom. The minimum atomic E-state index is -0.295. The molecule has 172 valence electrons. The zero-order valence-electron chi connectivity index (χ0n) is 18.9. The second-order valence-electron chi connectivity index (χ2n) is 8.35. The predicted octanol–water partition coefficient (Wildman–Crippen LogP) is 4.01. The van der Waals surface area contributed by atoms with E-state index in [-0.39, 0.29) is 29.2 Å². The summed E-state index contributed by atoms with van der Waals surface area (Å²) in [7, 11) is 0. The number of aromatic nitrogens is 2. The van der Waals surface area contributed by atoms with Crippen LogP contribution in [0.3, 0.4) is 0 Å². The van der Waals surface area contributed by atoms with Crippen LogP contribution in [0, 0.1) is 6.92 Å². The topological polar surface area (TPSA) is 76.5 Å². The summed E-state index contributed by atoms with van der Waals surface area (Å²) in [4.78, 5) is 27.5. The molecule has 1 aromatic heterocycles. The molecule has 0 aliphatic carbocycles. The maximum atomic E-state index is 12.8. The van der Waals surface area contributed by atoms with E-state index in [4.69, 9.17) is 16.3 Å². The van der Waals surface area contributed by atoms with E-state index in [0.29, 0.717) is 36.5 Å². The Hall–Kier alpha value is -3.16. The third kappa shape index (κ3) is 5.10. The van der Waals surface area contributed by atoms with Gasteiger partial charge in [-0.1, -0.05) is 41.9 Å². The van der Waals surface area contributed by atoms with Gasteiger partial charge in [0.15, 0.2) is 0 Å². The number of benzene rings is 2. The molecular formula is C25H27ClN4O3. The quantitative estimate of drug-likeness (QED) is 0.616. The molecule has 7 nitrogen and oxygen atoms in total. The summed E-state index contributed by atoms with van der Waals surface area (Å²) in [5, 5.41) is 7.58. The normalized spacial score (nSPS) is 18.2. The van der Waals surface area contributed by atoms with Crippen LogP contribution in [0.1, 0.15) is 45.8 Å². The van der Waals surface area contributed by atoms with Crippen molar-refractivity contribution in [1.82, 2.24) is 20.0 Å². The van der Waals surface area contributed by atoms with Crippen molar-refractivity contribution >= 4 is 23.4 Å². The van der Waals surface area contributed by atoms with E-state index in [2.05, 4.69) is 10.4 Å². The van der Waals surface area contributed by atoms with Crippen LogP contribution in [-0.2, 0) is 11.3 Å². The van der Waals surface area contributed by atoms with Gasteiger partial charge < -0.3 is 15.0 Å². The maximum Gasteiger partial charge on any atom is 0.256 e. The Morgan fingerprint density at radius 2 is 1.70 bits per heavy atom. The van der Waals surface area contributed by atoms with Gasteiger partial charge in [-0.15, -0.1) is 0 Å². The molecular weight excluding hydrogens is 440 g/mol. The Labute approximate surface area is 198 Å². The van der Waals surface area contributed by atoms with E-state index >= 15 is 0 Å². The number of carbonyl (C=O) groups excluding carboxylic acids is 2. The number of nitrogens with zero attached hydrogens (tertiary/aromatic N) is 3. The molecule has 4 rings (SSSR count). The molecule has 1 saturated heterocycles. The lowest BCUT2D eigenvalue weighted by molar-refractivity contribution is -0.0586. The molecule has 8 heteroatoms. The highest BCUT2D eigenvalue weighted by Gasteiger charge is 2.26. The molecule has 1 N–H and O–H groups in total. The fourth-order valence-corrected chi connectivity index (χ4v) is 4.42. The maximum absolute atomic E-state index is 12.8. The molecule has 2 unspecified atom stereocenters. The summed E-state index contributed by atoms with van der Waals surface area (Å²) in [6.45, 7) is 7.17. The van der Waals surface area contributed by atoms with E-state index in [0.717, 1.165) is 11.3 Å². The standard InChI is InChI=1S/C25H27ClN4O3/c1-16-14-29(15-17(2)33-16)25(32)20-11-9-19(10-12-20)13-27-24(31)22-18(3)28-30(23(22)26)21-7-5-4-6-8-21/h4-12,16-17H,13-15H2,1-3H3,(H,27,31). The number of para-hydroxylation sites is 1. The molecule has 2 atom stereocenters. The predicted molar refractivity (Wildman–Crippen MR) is 127 cm³/mol. The minimum absolute atomic E-state index is 0.0108. The monoisotopic (exact) mass is 466 g/mol. The number of aryl methyl sites for hydroxylation is 1. The van der Waals surface area contributed by atoms with E-state index in [1.165, 1.54) is 0 Å². The lowest BCUT2D eigenvalue weighted by Crippen LogP contribution is -2.48. The van der Waals surface area contributed by atoms with Gasteiger partial charge in [-0.25, -0.2) is 4.68 Å². The van der Waals surface area contributed by atoms with Gasteiger partial charge in [0.05, 0.1) is 29.2 Å². The van der Waals surface area contributed by atoms with E-state index in [9.17, 15) is 9.59 Å². The molecule has 0 radical (unpaired) electrons. The highest BCUT2D eigenvalue weighted by molar-refractivity contribution is 6.33. The largest absolute Gasteiger partial charge is 0.372 e. The lowest BCUT2D eigenvalue weighted by Gasteiger charge is -2.35. The van der Waals surface area contributed by atoms with E-state index in [1.54, 1.807) is 23.7 Å². The summed E-state index contributed by atoms with van der Waals surface area (Å²) in [6, 6.07) is 16.7. The van der Waals surface area contributed by atoms with Crippen LogP contribution < -0.4 is 5.32 Å². The molecule has 0 bridgehead atoms. The smallest absolute Gasteiger partial charge is 0.256 e. The van der Waals surface area contributed by atoms with Crippen LogP contribution >= 0.6 is 11.6 Å². The zero-order valence-corrected chi connectivity index (χ0v) is 19.7. The molecule has 1 aliphatic rings. The van der Waals surface area contributed by atoms with Gasteiger partial charge in [0.2, 0.25) is 0 Å². The van der Waals surface area contributed by atoms with E-state index < -0.39 is 0 Å². The van der Waals surface area contributed by atoms with Crippen molar-refractivity contribution in [3.63, 3.8) is 0 Å². The first kappa shape index (κ1) is 23.0.